The number of amides is 1. The van der Waals surface area contributed by atoms with E-state index in [4.69, 9.17) is 11.6 Å². The van der Waals surface area contributed by atoms with Crippen molar-refractivity contribution in [2.45, 2.75) is 44.6 Å². The third-order valence-electron chi connectivity index (χ3n) is 4.53. The first kappa shape index (κ1) is 26.8. The van der Waals surface area contributed by atoms with Gasteiger partial charge in [0, 0.05) is 24.3 Å². The number of benzene rings is 1. The molecule has 1 heterocycles. The topological polar surface area (TPSA) is 58.9 Å². The first-order valence-electron chi connectivity index (χ1n) is 9.51. The number of nitrogens with zero attached hydrogens (tertiary/aromatic N) is 2. The van der Waals surface area contributed by atoms with Crippen LogP contribution in [0.5, 0.6) is 0 Å². The lowest BCUT2D eigenvalue weighted by Crippen LogP contribution is -2.36. The van der Waals surface area contributed by atoms with Crippen molar-refractivity contribution in [2.75, 3.05) is 11.9 Å². The fourth-order valence-electron chi connectivity index (χ4n) is 2.91. The number of hydrogen-bond donors (Lipinski definition) is 2. The SMILES string of the molecule is CCCCNCc1cc(NC(=O)c2c(C(F)(F)F)c(C(F)(F)C(F)(F)F)nn2C)ccc1Cl. The minimum Gasteiger partial charge on any atom is -0.321 e. The van der Waals surface area contributed by atoms with Crippen molar-refractivity contribution in [3.8, 4) is 0 Å². The Morgan fingerprint density at radius 2 is 1.76 bits per heavy atom. The molecule has 0 bridgehead atoms. The van der Waals surface area contributed by atoms with Crippen LogP contribution in [-0.2, 0) is 25.7 Å². The van der Waals surface area contributed by atoms with Gasteiger partial charge in [0.2, 0.25) is 0 Å². The van der Waals surface area contributed by atoms with Crippen LogP contribution in [0.4, 0.5) is 40.8 Å². The van der Waals surface area contributed by atoms with Crippen LogP contribution >= 0.6 is 11.6 Å². The summed E-state index contributed by atoms with van der Waals surface area (Å²) in [7, 11) is 0.658. The molecule has 184 valence electrons. The zero-order valence-electron chi connectivity index (χ0n) is 17.3. The van der Waals surface area contributed by atoms with E-state index in [0.29, 0.717) is 24.2 Å². The maximum atomic E-state index is 13.8. The summed E-state index contributed by atoms with van der Waals surface area (Å²) in [5.74, 6) is -7.51. The highest BCUT2D eigenvalue weighted by Gasteiger charge is 2.64. The second-order valence-corrected chi connectivity index (χ2v) is 7.46. The van der Waals surface area contributed by atoms with Gasteiger partial charge in [-0.2, -0.15) is 40.2 Å². The van der Waals surface area contributed by atoms with Crippen LogP contribution in [0.25, 0.3) is 0 Å². The Labute approximate surface area is 188 Å². The summed E-state index contributed by atoms with van der Waals surface area (Å²) in [6.45, 7) is 2.90. The molecule has 0 spiro atoms. The number of anilines is 1. The molecule has 0 atom stereocenters. The minimum atomic E-state index is -6.36. The molecule has 0 unspecified atom stereocenters. The van der Waals surface area contributed by atoms with Crippen LogP contribution in [0, 0.1) is 0 Å². The van der Waals surface area contributed by atoms with Crippen LogP contribution in [0.1, 0.15) is 47.1 Å². The van der Waals surface area contributed by atoms with Gasteiger partial charge in [0.05, 0.1) is 0 Å². The summed E-state index contributed by atoms with van der Waals surface area (Å²) in [6, 6.07) is 3.93. The molecule has 0 fully saturated rings. The molecule has 0 radical (unpaired) electrons. The molecular weight excluding hydrogens is 488 g/mol. The molecule has 1 aromatic heterocycles. The van der Waals surface area contributed by atoms with Gasteiger partial charge in [-0.05, 0) is 36.7 Å². The number of hydrogen-bond acceptors (Lipinski definition) is 3. The van der Waals surface area contributed by atoms with Gasteiger partial charge >= 0.3 is 18.3 Å². The first-order valence-corrected chi connectivity index (χ1v) is 9.88. The summed E-state index contributed by atoms with van der Waals surface area (Å²) in [5.41, 5.74) is -6.14. The number of aryl methyl sites for hydroxylation is 1. The monoisotopic (exact) mass is 506 g/mol. The van der Waals surface area contributed by atoms with Gasteiger partial charge in [-0.3, -0.25) is 9.48 Å². The number of carbonyl (C=O) groups excluding carboxylic acids is 1. The quantitative estimate of drug-likeness (QED) is 0.347. The van der Waals surface area contributed by atoms with Crippen LogP contribution in [0.3, 0.4) is 0 Å². The van der Waals surface area contributed by atoms with Gasteiger partial charge in [0.1, 0.15) is 11.3 Å². The third kappa shape index (κ3) is 5.94. The molecule has 0 saturated heterocycles. The van der Waals surface area contributed by atoms with E-state index >= 15 is 0 Å². The van der Waals surface area contributed by atoms with E-state index in [2.05, 4.69) is 15.7 Å². The van der Waals surface area contributed by atoms with E-state index in [9.17, 15) is 39.9 Å². The molecule has 1 aromatic carbocycles. The van der Waals surface area contributed by atoms with Gasteiger partial charge < -0.3 is 10.6 Å². The number of unbranched alkanes of at least 4 members (excludes halogenated alkanes) is 1. The van der Waals surface area contributed by atoms with Gasteiger partial charge in [0.15, 0.2) is 5.69 Å². The standard InChI is InChI=1S/C19H19ClF8N4O/c1-3-4-7-29-9-10-8-11(5-6-12(10)20)30-16(33)14-13(18(23,24)25)15(31-32(14)2)17(21,22)19(26,27)28/h5-6,8,29H,3-4,7,9H2,1-2H3,(H,30,33). The van der Waals surface area contributed by atoms with Crippen molar-refractivity contribution in [1.82, 2.24) is 15.1 Å². The summed E-state index contributed by atoms with van der Waals surface area (Å²) >= 11 is 6.06. The molecule has 33 heavy (non-hydrogen) atoms. The van der Waals surface area contributed by atoms with Crippen molar-refractivity contribution < 1.29 is 39.9 Å². The van der Waals surface area contributed by atoms with Crippen molar-refractivity contribution in [2.24, 2.45) is 7.05 Å². The summed E-state index contributed by atoms with van der Waals surface area (Å²) in [4.78, 5) is 12.5. The Morgan fingerprint density at radius 3 is 2.30 bits per heavy atom. The number of halogens is 9. The zero-order chi connectivity index (χ0) is 25.2. The number of rotatable bonds is 8. The van der Waals surface area contributed by atoms with Crippen molar-refractivity contribution in [3.63, 3.8) is 0 Å². The van der Waals surface area contributed by atoms with Crippen LogP contribution in [0.2, 0.25) is 5.02 Å². The second-order valence-electron chi connectivity index (χ2n) is 7.06. The summed E-state index contributed by atoms with van der Waals surface area (Å²) in [6.07, 6.45) is -10.3. The number of alkyl halides is 8. The second kappa shape index (κ2) is 9.84. The van der Waals surface area contributed by atoms with Gasteiger partial charge in [-0.1, -0.05) is 24.9 Å². The molecule has 0 aliphatic heterocycles. The Bertz CT molecular complexity index is 1000. The average Bonchev–Trinajstić information content (AvgIpc) is 3.05. The highest BCUT2D eigenvalue weighted by Crippen LogP contribution is 2.48. The normalized spacial score (nSPS) is 12.8. The van der Waals surface area contributed by atoms with E-state index < -0.39 is 41.1 Å². The van der Waals surface area contributed by atoms with E-state index in [1.807, 2.05) is 6.92 Å². The maximum Gasteiger partial charge on any atom is 0.459 e. The van der Waals surface area contributed by atoms with E-state index in [1.165, 1.54) is 18.2 Å². The number of aromatic nitrogens is 2. The van der Waals surface area contributed by atoms with Crippen LogP contribution in [0.15, 0.2) is 18.2 Å². The Balaban J connectivity index is 2.43. The fraction of sp³-hybridized carbons (Fsp3) is 0.474. The smallest absolute Gasteiger partial charge is 0.321 e. The average molecular weight is 507 g/mol. The van der Waals surface area contributed by atoms with E-state index in [1.54, 1.807) is 0 Å². The Kier molecular flexibility index (Phi) is 8.00. The lowest BCUT2D eigenvalue weighted by molar-refractivity contribution is -0.292. The van der Waals surface area contributed by atoms with Crippen LogP contribution < -0.4 is 10.6 Å². The molecule has 5 nitrogen and oxygen atoms in total. The molecule has 2 aromatic rings. The predicted octanol–water partition coefficient (Wildman–Crippen LogP) is 5.89. The van der Waals surface area contributed by atoms with Crippen LogP contribution in [-0.4, -0.2) is 28.4 Å². The zero-order valence-corrected chi connectivity index (χ0v) is 18.0. The molecule has 0 saturated carbocycles. The minimum absolute atomic E-state index is 0.0380. The molecule has 0 aliphatic rings. The fourth-order valence-corrected chi connectivity index (χ4v) is 3.09. The highest BCUT2D eigenvalue weighted by molar-refractivity contribution is 6.31. The van der Waals surface area contributed by atoms with Crippen molar-refractivity contribution >= 4 is 23.2 Å². The largest absolute Gasteiger partial charge is 0.459 e. The van der Waals surface area contributed by atoms with Crippen molar-refractivity contribution in [1.29, 1.82) is 0 Å². The van der Waals surface area contributed by atoms with Gasteiger partial charge in [-0.25, -0.2) is 0 Å². The van der Waals surface area contributed by atoms with Gasteiger partial charge in [0.25, 0.3) is 5.91 Å². The first-order chi connectivity index (χ1) is 15.1. The third-order valence-corrected chi connectivity index (χ3v) is 4.89. The highest BCUT2D eigenvalue weighted by atomic mass is 35.5. The number of carbonyl (C=O) groups is 1. The van der Waals surface area contributed by atoms with E-state index in [0.717, 1.165) is 12.8 Å². The Hall–Kier alpha value is -2.41. The maximum absolute atomic E-state index is 13.8. The molecule has 2 rings (SSSR count). The van der Waals surface area contributed by atoms with E-state index in [-0.39, 0.29) is 16.9 Å². The van der Waals surface area contributed by atoms with Gasteiger partial charge in [-0.15, -0.1) is 0 Å². The molecule has 0 aliphatic carbocycles. The van der Waals surface area contributed by atoms with Crippen molar-refractivity contribution in [3.05, 3.63) is 45.7 Å². The molecule has 1 amide bonds. The molecule has 2 N–H and O–H groups in total. The summed E-state index contributed by atoms with van der Waals surface area (Å²) in [5, 5.41) is 8.14. The number of nitrogens with one attached hydrogen (secondary N) is 2. The molecule has 14 heteroatoms. The lowest BCUT2D eigenvalue weighted by atomic mass is 10.1. The lowest BCUT2D eigenvalue weighted by Gasteiger charge is -2.19. The summed E-state index contributed by atoms with van der Waals surface area (Å²) < 4.78 is 106. The Morgan fingerprint density at radius 1 is 1.12 bits per heavy atom. The predicted molar refractivity (Wildman–Crippen MR) is 104 cm³/mol. The molecular formula is C19H19ClF8N4O.